The highest BCUT2D eigenvalue weighted by Gasteiger charge is 2.51. The van der Waals surface area contributed by atoms with E-state index in [0.29, 0.717) is 29.2 Å². The van der Waals surface area contributed by atoms with Crippen LogP contribution in [0, 0.1) is 30.9 Å². The Hall–Kier alpha value is -2.80. The van der Waals surface area contributed by atoms with Gasteiger partial charge in [-0.25, -0.2) is 13.8 Å². The summed E-state index contributed by atoms with van der Waals surface area (Å²) in [5.41, 5.74) is 7.93. The van der Waals surface area contributed by atoms with E-state index in [9.17, 15) is 13.6 Å². The maximum Gasteiger partial charge on any atom is 0.182 e. The molecule has 31 heavy (non-hydrogen) atoms. The smallest absolute Gasteiger partial charge is 0.182 e. The van der Waals surface area contributed by atoms with Crippen molar-refractivity contribution in [2.24, 2.45) is 11.1 Å². The summed E-state index contributed by atoms with van der Waals surface area (Å²) >= 11 is 0. The lowest BCUT2D eigenvalue weighted by Gasteiger charge is -2.53. The molecule has 1 aliphatic rings. The van der Waals surface area contributed by atoms with Crippen LogP contribution in [0.4, 0.5) is 8.78 Å². The van der Waals surface area contributed by atoms with E-state index in [1.807, 2.05) is 20.0 Å². The number of Topliss-reactive ketones (excluding diaryl/α,β-unsaturated/α-hetero) is 1. The van der Waals surface area contributed by atoms with Gasteiger partial charge in [0.15, 0.2) is 17.2 Å². The maximum atomic E-state index is 14.0. The molecule has 0 amide bonds. The van der Waals surface area contributed by atoms with Crippen molar-refractivity contribution in [3.63, 3.8) is 0 Å². The quantitative estimate of drug-likeness (QED) is 0.568. The summed E-state index contributed by atoms with van der Waals surface area (Å²) in [6.45, 7) is 7.40. The molecule has 1 saturated carbocycles. The zero-order valence-electron chi connectivity index (χ0n) is 18.3. The van der Waals surface area contributed by atoms with Gasteiger partial charge in [0.05, 0.1) is 11.3 Å². The number of benzene rings is 1. The van der Waals surface area contributed by atoms with Gasteiger partial charge in [0, 0.05) is 18.2 Å². The van der Waals surface area contributed by atoms with Crippen molar-refractivity contribution < 1.29 is 18.3 Å². The SMILES string of the molecule is Cc1cc(OCc2c(F)cccc2F)c2nc(C)c(C(=O)CC3(C)CCC3(C)N)n2c1. The van der Waals surface area contributed by atoms with E-state index in [4.69, 9.17) is 10.5 Å². The molecule has 2 N–H and O–H groups in total. The minimum Gasteiger partial charge on any atom is -0.485 e. The molecule has 1 aromatic carbocycles. The van der Waals surface area contributed by atoms with Crippen LogP contribution in [0.3, 0.4) is 0 Å². The van der Waals surface area contributed by atoms with E-state index in [-0.39, 0.29) is 28.9 Å². The predicted octanol–water partition coefficient (Wildman–Crippen LogP) is 4.90. The number of carbonyl (C=O) groups is 1. The van der Waals surface area contributed by atoms with E-state index in [1.54, 1.807) is 17.4 Å². The Balaban J connectivity index is 1.68. The molecule has 5 nitrogen and oxygen atoms in total. The fourth-order valence-electron chi connectivity index (χ4n) is 4.29. The third kappa shape index (κ3) is 3.61. The Labute approximate surface area is 180 Å². The third-order valence-corrected chi connectivity index (χ3v) is 6.82. The minimum atomic E-state index is -0.669. The Morgan fingerprint density at radius 1 is 1.23 bits per heavy atom. The van der Waals surface area contributed by atoms with Crippen molar-refractivity contribution in [2.75, 3.05) is 0 Å². The number of carbonyl (C=O) groups excluding carboxylic acids is 1. The van der Waals surface area contributed by atoms with Gasteiger partial charge in [0.2, 0.25) is 0 Å². The monoisotopic (exact) mass is 427 g/mol. The predicted molar refractivity (Wildman–Crippen MR) is 114 cm³/mol. The number of ketones is 1. The molecular weight excluding hydrogens is 400 g/mol. The zero-order valence-corrected chi connectivity index (χ0v) is 18.3. The molecule has 2 aromatic heterocycles. The highest BCUT2D eigenvalue weighted by molar-refractivity contribution is 5.97. The summed E-state index contributed by atoms with van der Waals surface area (Å²) in [5, 5.41) is 0. The van der Waals surface area contributed by atoms with Crippen LogP contribution in [0.25, 0.3) is 5.65 Å². The standard InChI is InChI=1S/C24H27F2N3O2/c1-14-10-20(31-13-16-17(25)6-5-7-18(16)26)22-28-15(2)21(29(22)12-14)19(30)11-23(3)8-9-24(23,4)27/h5-7,10,12H,8-9,11,13,27H2,1-4H3. The second kappa shape index (κ2) is 7.41. The van der Waals surface area contributed by atoms with Crippen LogP contribution >= 0.6 is 0 Å². The van der Waals surface area contributed by atoms with Crippen LogP contribution in [-0.2, 0) is 6.61 Å². The summed E-state index contributed by atoms with van der Waals surface area (Å²) in [5.74, 6) is -1.00. The Bertz CT molecular complexity index is 1170. The lowest BCUT2D eigenvalue weighted by molar-refractivity contribution is 0.0221. The summed E-state index contributed by atoms with van der Waals surface area (Å²) in [7, 11) is 0. The van der Waals surface area contributed by atoms with Gasteiger partial charge in [-0.05, 0) is 62.8 Å². The van der Waals surface area contributed by atoms with E-state index in [2.05, 4.69) is 11.9 Å². The number of aromatic nitrogens is 2. The van der Waals surface area contributed by atoms with Crippen molar-refractivity contribution >= 4 is 11.4 Å². The number of halogens is 2. The number of pyridine rings is 1. The molecule has 2 unspecified atom stereocenters. The van der Waals surface area contributed by atoms with Crippen LogP contribution in [0.5, 0.6) is 5.75 Å². The van der Waals surface area contributed by atoms with Crippen LogP contribution in [-0.4, -0.2) is 20.7 Å². The molecule has 0 bridgehead atoms. The number of fused-ring (bicyclic) bond motifs is 1. The number of imidazole rings is 1. The largest absolute Gasteiger partial charge is 0.485 e. The van der Waals surface area contributed by atoms with Gasteiger partial charge < -0.3 is 10.5 Å². The van der Waals surface area contributed by atoms with Gasteiger partial charge in [-0.1, -0.05) is 13.0 Å². The number of ether oxygens (including phenoxy) is 1. The maximum absolute atomic E-state index is 14.0. The van der Waals surface area contributed by atoms with E-state index < -0.39 is 11.6 Å². The van der Waals surface area contributed by atoms with Crippen LogP contribution in [0.2, 0.25) is 0 Å². The van der Waals surface area contributed by atoms with Gasteiger partial charge in [-0.15, -0.1) is 0 Å². The molecule has 0 saturated heterocycles. The molecule has 7 heteroatoms. The van der Waals surface area contributed by atoms with Crippen molar-refractivity contribution in [2.45, 2.75) is 59.1 Å². The van der Waals surface area contributed by atoms with Gasteiger partial charge in [0.25, 0.3) is 0 Å². The fraction of sp³-hybridized carbons (Fsp3) is 0.417. The van der Waals surface area contributed by atoms with E-state index >= 15 is 0 Å². The number of rotatable bonds is 6. The van der Waals surface area contributed by atoms with Crippen molar-refractivity contribution in [1.82, 2.24) is 9.38 Å². The first-order valence-corrected chi connectivity index (χ1v) is 10.4. The summed E-state index contributed by atoms with van der Waals surface area (Å²) in [6, 6.07) is 5.44. The van der Waals surface area contributed by atoms with Crippen LogP contribution in [0.15, 0.2) is 30.5 Å². The number of nitrogens with zero attached hydrogens (tertiary/aromatic N) is 2. The second-order valence-electron chi connectivity index (χ2n) is 9.19. The van der Waals surface area contributed by atoms with Gasteiger partial charge in [-0.2, -0.15) is 0 Å². The van der Waals surface area contributed by atoms with E-state index in [1.165, 1.54) is 18.2 Å². The molecule has 0 aliphatic heterocycles. The lowest BCUT2D eigenvalue weighted by atomic mass is 9.55. The molecule has 0 radical (unpaired) electrons. The summed E-state index contributed by atoms with van der Waals surface area (Å²) in [6.07, 6.45) is 3.96. The van der Waals surface area contributed by atoms with E-state index in [0.717, 1.165) is 18.4 Å². The Morgan fingerprint density at radius 2 is 1.90 bits per heavy atom. The molecule has 164 valence electrons. The molecule has 2 heterocycles. The van der Waals surface area contributed by atoms with Crippen LogP contribution in [0.1, 0.15) is 60.4 Å². The van der Waals surface area contributed by atoms with Crippen molar-refractivity contribution in [3.05, 3.63) is 64.6 Å². The second-order valence-corrected chi connectivity index (χ2v) is 9.19. The lowest BCUT2D eigenvalue weighted by Crippen LogP contribution is -2.60. The molecule has 2 atom stereocenters. The summed E-state index contributed by atoms with van der Waals surface area (Å²) < 4.78 is 35.5. The normalized spacial score (nSPS) is 23.1. The average Bonchev–Trinajstić information content (AvgIpc) is 3.02. The zero-order chi connectivity index (χ0) is 22.6. The topological polar surface area (TPSA) is 69.6 Å². The number of nitrogens with two attached hydrogens (primary N) is 1. The first-order chi connectivity index (χ1) is 14.5. The molecule has 4 rings (SSSR count). The number of aryl methyl sites for hydroxylation is 2. The molecule has 1 aliphatic carbocycles. The number of hydrogen-bond donors (Lipinski definition) is 1. The first kappa shape index (κ1) is 21.4. The third-order valence-electron chi connectivity index (χ3n) is 6.82. The Kier molecular flexibility index (Phi) is 5.12. The molecule has 0 spiro atoms. The fourth-order valence-corrected chi connectivity index (χ4v) is 4.29. The average molecular weight is 427 g/mol. The highest BCUT2D eigenvalue weighted by Crippen LogP contribution is 2.50. The molecular formula is C24H27F2N3O2. The van der Waals surface area contributed by atoms with Crippen LogP contribution < -0.4 is 10.5 Å². The van der Waals surface area contributed by atoms with Gasteiger partial charge >= 0.3 is 0 Å². The first-order valence-electron chi connectivity index (χ1n) is 10.4. The molecule has 3 aromatic rings. The number of hydrogen-bond acceptors (Lipinski definition) is 4. The van der Waals surface area contributed by atoms with Gasteiger partial charge in [-0.3, -0.25) is 9.20 Å². The van der Waals surface area contributed by atoms with Crippen molar-refractivity contribution in [3.8, 4) is 5.75 Å². The molecule has 1 fully saturated rings. The summed E-state index contributed by atoms with van der Waals surface area (Å²) in [4.78, 5) is 17.8. The van der Waals surface area contributed by atoms with Crippen molar-refractivity contribution in [1.29, 1.82) is 0 Å². The Morgan fingerprint density at radius 3 is 2.48 bits per heavy atom. The minimum absolute atomic E-state index is 0.0272. The highest BCUT2D eigenvalue weighted by atomic mass is 19.1. The van der Waals surface area contributed by atoms with Gasteiger partial charge in [0.1, 0.15) is 23.9 Å².